The zero-order valence-electron chi connectivity index (χ0n) is 13.6. The van der Waals surface area contributed by atoms with Gasteiger partial charge in [0.2, 0.25) is 0 Å². The number of carbonyl (C=O) groups is 1. The van der Waals surface area contributed by atoms with Crippen LogP contribution < -0.4 is 5.32 Å². The molecule has 2 fully saturated rings. The lowest BCUT2D eigenvalue weighted by molar-refractivity contribution is -0.131. The van der Waals surface area contributed by atoms with Crippen LogP contribution in [-0.4, -0.2) is 67.1 Å². The average Bonchev–Trinajstić information content (AvgIpc) is 2.57. The first kappa shape index (κ1) is 17.1. The highest BCUT2D eigenvalue weighted by Gasteiger charge is 2.43. The molecule has 2 aliphatic heterocycles. The number of hydrogen-bond acceptors (Lipinski definition) is 4. The number of nitrogens with zero attached hydrogens (tertiary/aromatic N) is 2. The van der Waals surface area contributed by atoms with Gasteiger partial charge in [-0.1, -0.05) is 30.3 Å². The number of amides is 1. The largest absolute Gasteiger partial charge is 0.445 e. The van der Waals surface area contributed by atoms with Gasteiger partial charge in [0.1, 0.15) is 6.61 Å². The van der Waals surface area contributed by atoms with Crippen LogP contribution in [0.5, 0.6) is 0 Å². The van der Waals surface area contributed by atoms with Gasteiger partial charge in [-0.15, -0.1) is 0 Å². The highest BCUT2D eigenvalue weighted by atomic mass is 19.3. The number of ether oxygens (including phenoxy) is 1. The molecule has 24 heavy (non-hydrogen) atoms. The molecule has 0 bridgehead atoms. The molecule has 2 aliphatic rings. The number of rotatable bonds is 5. The van der Waals surface area contributed by atoms with E-state index < -0.39 is 5.92 Å². The molecular weight excluding hydrogens is 316 g/mol. The third-order valence-corrected chi connectivity index (χ3v) is 4.48. The van der Waals surface area contributed by atoms with Crippen molar-refractivity contribution in [1.82, 2.24) is 15.1 Å². The molecule has 2 saturated heterocycles. The Hall–Kier alpha value is -1.73. The van der Waals surface area contributed by atoms with Gasteiger partial charge >= 0.3 is 6.09 Å². The zero-order chi connectivity index (χ0) is 17.0. The lowest BCUT2D eigenvalue weighted by Crippen LogP contribution is -2.58. The van der Waals surface area contributed by atoms with Gasteiger partial charge in [0.15, 0.2) is 0 Å². The second-order valence-electron chi connectivity index (χ2n) is 6.45. The third-order valence-electron chi connectivity index (χ3n) is 4.48. The number of hydrogen-bond donors (Lipinski definition) is 1. The minimum atomic E-state index is -2.54. The Kier molecular flexibility index (Phi) is 5.30. The molecule has 0 spiro atoms. The first-order valence-electron chi connectivity index (χ1n) is 8.32. The number of nitrogens with one attached hydrogen (secondary N) is 1. The molecule has 0 radical (unpaired) electrons. The van der Waals surface area contributed by atoms with Crippen LogP contribution in [0.2, 0.25) is 0 Å². The Balaban J connectivity index is 1.47. The Morgan fingerprint density at radius 2 is 2.04 bits per heavy atom. The van der Waals surface area contributed by atoms with E-state index in [0.29, 0.717) is 26.1 Å². The summed E-state index contributed by atoms with van der Waals surface area (Å²) in [6, 6.07) is 9.52. The summed E-state index contributed by atoms with van der Waals surface area (Å²) in [4.78, 5) is 15.8. The lowest BCUT2D eigenvalue weighted by Gasteiger charge is -2.41. The van der Waals surface area contributed by atoms with Gasteiger partial charge in [-0.25, -0.2) is 13.6 Å². The lowest BCUT2D eigenvalue weighted by atomic mass is 10.1. The first-order chi connectivity index (χ1) is 11.5. The minimum Gasteiger partial charge on any atom is -0.445 e. The van der Waals surface area contributed by atoms with Crippen molar-refractivity contribution in [1.29, 1.82) is 0 Å². The smallest absolute Gasteiger partial charge is 0.410 e. The van der Waals surface area contributed by atoms with Gasteiger partial charge < -0.3 is 15.0 Å². The summed E-state index contributed by atoms with van der Waals surface area (Å²) >= 11 is 0. The summed E-state index contributed by atoms with van der Waals surface area (Å²) in [6.07, 6.45) is 0.336. The van der Waals surface area contributed by atoms with Crippen LogP contribution in [0.15, 0.2) is 30.3 Å². The minimum absolute atomic E-state index is 0.0174. The van der Waals surface area contributed by atoms with Crippen molar-refractivity contribution in [3.8, 4) is 0 Å². The summed E-state index contributed by atoms with van der Waals surface area (Å²) in [5, 5.41) is 3.25. The first-order valence-corrected chi connectivity index (χ1v) is 8.32. The Morgan fingerprint density at radius 3 is 2.75 bits per heavy atom. The summed E-state index contributed by atoms with van der Waals surface area (Å²) in [5.41, 5.74) is 0.945. The van der Waals surface area contributed by atoms with Gasteiger partial charge in [-0.3, -0.25) is 4.90 Å². The van der Waals surface area contributed by atoms with Crippen molar-refractivity contribution in [2.75, 3.05) is 39.3 Å². The SMILES string of the molecule is O=C(OCc1ccccc1)N1CCNCC1CCN1CC(F)(F)C1. The maximum Gasteiger partial charge on any atom is 0.410 e. The molecule has 132 valence electrons. The average molecular weight is 339 g/mol. The molecule has 1 N–H and O–H groups in total. The highest BCUT2D eigenvalue weighted by molar-refractivity contribution is 5.68. The molecular formula is C17H23F2N3O2. The maximum absolute atomic E-state index is 12.9. The third kappa shape index (κ3) is 4.42. The molecule has 1 aromatic carbocycles. The van der Waals surface area contributed by atoms with Crippen molar-refractivity contribution in [2.45, 2.75) is 25.0 Å². The van der Waals surface area contributed by atoms with E-state index in [4.69, 9.17) is 4.74 Å². The second kappa shape index (κ2) is 7.44. The van der Waals surface area contributed by atoms with E-state index in [0.717, 1.165) is 12.1 Å². The van der Waals surface area contributed by atoms with E-state index in [1.54, 1.807) is 9.80 Å². The van der Waals surface area contributed by atoms with Gasteiger partial charge in [0, 0.05) is 32.2 Å². The number of alkyl halides is 2. The molecule has 1 aromatic rings. The van der Waals surface area contributed by atoms with E-state index in [1.165, 1.54) is 0 Å². The van der Waals surface area contributed by atoms with Crippen LogP contribution in [0.3, 0.4) is 0 Å². The topological polar surface area (TPSA) is 44.8 Å². The van der Waals surface area contributed by atoms with Crippen molar-refractivity contribution in [3.63, 3.8) is 0 Å². The van der Waals surface area contributed by atoms with E-state index >= 15 is 0 Å². The molecule has 0 aromatic heterocycles. The number of piperazine rings is 1. The molecule has 1 unspecified atom stereocenters. The van der Waals surface area contributed by atoms with E-state index in [2.05, 4.69) is 5.32 Å². The summed E-state index contributed by atoms with van der Waals surface area (Å²) in [6.45, 7) is 2.44. The fourth-order valence-electron chi connectivity index (χ4n) is 3.16. The van der Waals surface area contributed by atoms with Gasteiger partial charge in [-0.2, -0.15) is 0 Å². The van der Waals surface area contributed by atoms with E-state index in [1.807, 2.05) is 30.3 Å². The van der Waals surface area contributed by atoms with Crippen LogP contribution in [0, 0.1) is 0 Å². The van der Waals surface area contributed by atoms with E-state index in [9.17, 15) is 13.6 Å². The van der Waals surface area contributed by atoms with Crippen LogP contribution in [0.4, 0.5) is 13.6 Å². The Morgan fingerprint density at radius 1 is 1.29 bits per heavy atom. The van der Waals surface area contributed by atoms with Crippen LogP contribution in [0.1, 0.15) is 12.0 Å². The van der Waals surface area contributed by atoms with Crippen LogP contribution in [-0.2, 0) is 11.3 Å². The zero-order valence-corrected chi connectivity index (χ0v) is 13.6. The van der Waals surface area contributed by atoms with Crippen molar-refractivity contribution in [2.24, 2.45) is 0 Å². The van der Waals surface area contributed by atoms with Crippen molar-refractivity contribution >= 4 is 6.09 Å². The van der Waals surface area contributed by atoms with Gasteiger partial charge in [-0.05, 0) is 12.0 Å². The highest BCUT2D eigenvalue weighted by Crippen LogP contribution is 2.27. The predicted molar refractivity (Wildman–Crippen MR) is 86.0 cm³/mol. The molecule has 3 rings (SSSR count). The quantitative estimate of drug-likeness (QED) is 0.890. The molecule has 1 amide bonds. The molecule has 7 heteroatoms. The number of benzene rings is 1. The number of likely N-dealkylation sites (tertiary alicyclic amines) is 1. The monoisotopic (exact) mass is 339 g/mol. The molecule has 1 atom stereocenters. The van der Waals surface area contributed by atoms with Gasteiger partial charge in [0.25, 0.3) is 5.92 Å². The predicted octanol–water partition coefficient (Wildman–Crippen LogP) is 1.94. The van der Waals surface area contributed by atoms with Crippen LogP contribution >= 0.6 is 0 Å². The maximum atomic E-state index is 12.9. The van der Waals surface area contributed by atoms with Gasteiger partial charge in [0.05, 0.1) is 13.1 Å². The molecule has 0 aliphatic carbocycles. The summed E-state index contributed by atoms with van der Waals surface area (Å²) < 4.78 is 31.2. The second-order valence-corrected chi connectivity index (χ2v) is 6.45. The molecule has 5 nitrogen and oxygen atoms in total. The standard InChI is InChI=1S/C17H23F2N3O2/c18-17(19)12-21(13-17)8-6-15-10-20-7-9-22(15)16(23)24-11-14-4-2-1-3-5-14/h1-5,15,20H,6-13H2. The normalized spacial score (nSPS) is 23.6. The summed E-state index contributed by atoms with van der Waals surface area (Å²) in [7, 11) is 0. The Labute approximate surface area is 140 Å². The Bertz CT molecular complexity index is 548. The summed E-state index contributed by atoms with van der Waals surface area (Å²) in [5.74, 6) is -2.54. The fourth-order valence-corrected chi connectivity index (χ4v) is 3.16. The van der Waals surface area contributed by atoms with Crippen molar-refractivity contribution in [3.05, 3.63) is 35.9 Å². The van der Waals surface area contributed by atoms with Crippen molar-refractivity contribution < 1.29 is 18.3 Å². The molecule has 0 saturated carbocycles. The number of halogens is 2. The van der Waals surface area contributed by atoms with Crippen LogP contribution in [0.25, 0.3) is 0 Å². The van der Waals surface area contributed by atoms with E-state index in [-0.39, 0.29) is 31.8 Å². The molecule has 2 heterocycles. The fraction of sp³-hybridized carbons (Fsp3) is 0.588. The number of carbonyl (C=O) groups excluding carboxylic acids is 1.